The van der Waals surface area contributed by atoms with E-state index in [2.05, 4.69) is 15.1 Å². The highest BCUT2D eigenvalue weighted by Crippen LogP contribution is 2.36. The molecule has 0 bridgehead atoms. The predicted octanol–water partition coefficient (Wildman–Crippen LogP) is 1.65. The van der Waals surface area contributed by atoms with Crippen molar-refractivity contribution in [3.63, 3.8) is 0 Å². The van der Waals surface area contributed by atoms with Crippen LogP contribution in [0.25, 0.3) is 5.65 Å². The number of hydrogen-bond acceptors (Lipinski definition) is 5. The maximum absolute atomic E-state index is 6.19. The summed E-state index contributed by atoms with van der Waals surface area (Å²) >= 11 is 0. The van der Waals surface area contributed by atoms with Crippen LogP contribution in [0.2, 0.25) is 0 Å². The minimum absolute atomic E-state index is 0.374. The van der Waals surface area contributed by atoms with Gasteiger partial charge in [0.15, 0.2) is 5.82 Å². The summed E-state index contributed by atoms with van der Waals surface area (Å²) in [4.78, 5) is 8.93. The molecule has 0 amide bonds. The lowest BCUT2D eigenvalue weighted by Crippen LogP contribution is -2.44. The summed E-state index contributed by atoms with van der Waals surface area (Å²) in [6.07, 6.45) is 7.47. The molecule has 3 aromatic heterocycles. The van der Waals surface area contributed by atoms with E-state index in [9.17, 15) is 0 Å². The van der Waals surface area contributed by atoms with Crippen molar-refractivity contribution in [2.24, 2.45) is 5.73 Å². The zero-order valence-electron chi connectivity index (χ0n) is 11.0. The number of aromatic nitrogens is 4. The minimum Gasteiger partial charge on any atom is -0.339 e. The molecule has 0 spiro atoms. The van der Waals surface area contributed by atoms with Gasteiger partial charge in [-0.2, -0.15) is 4.98 Å². The second kappa shape index (κ2) is 4.14. The Morgan fingerprint density at radius 1 is 1.30 bits per heavy atom. The molecular weight excluding hydrogens is 254 g/mol. The Morgan fingerprint density at radius 2 is 2.20 bits per heavy atom. The lowest BCUT2D eigenvalue weighted by Gasteiger charge is -2.34. The maximum atomic E-state index is 6.19. The number of fused-ring (bicyclic) bond motifs is 1. The van der Waals surface area contributed by atoms with Gasteiger partial charge in [0.25, 0.3) is 0 Å². The van der Waals surface area contributed by atoms with Gasteiger partial charge in [-0.3, -0.25) is 0 Å². The summed E-state index contributed by atoms with van der Waals surface area (Å²) in [6.45, 7) is 0. The minimum atomic E-state index is -0.374. The Kier molecular flexibility index (Phi) is 2.40. The molecule has 6 heteroatoms. The van der Waals surface area contributed by atoms with Crippen molar-refractivity contribution < 1.29 is 4.52 Å². The topological polar surface area (TPSA) is 82.2 Å². The molecule has 3 aromatic rings. The van der Waals surface area contributed by atoms with Crippen LogP contribution in [-0.4, -0.2) is 19.5 Å². The van der Waals surface area contributed by atoms with E-state index in [0.29, 0.717) is 18.1 Å². The first-order valence-corrected chi connectivity index (χ1v) is 6.77. The molecule has 6 nitrogen and oxygen atoms in total. The van der Waals surface area contributed by atoms with E-state index in [0.717, 1.165) is 30.6 Å². The van der Waals surface area contributed by atoms with Crippen LogP contribution in [0.15, 0.2) is 35.1 Å². The van der Waals surface area contributed by atoms with Crippen LogP contribution in [-0.2, 0) is 12.0 Å². The number of imidazole rings is 1. The van der Waals surface area contributed by atoms with Crippen LogP contribution in [0.4, 0.5) is 0 Å². The fourth-order valence-electron chi connectivity index (χ4n) is 2.54. The molecule has 1 fully saturated rings. The zero-order valence-corrected chi connectivity index (χ0v) is 11.0. The zero-order chi connectivity index (χ0) is 13.6. The lowest BCUT2D eigenvalue weighted by molar-refractivity contribution is 0.229. The summed E-state index contributed by atoms with van der Waals surface area (Å²) < 4.78 is 7.27. The molecule has 3 heterocycles. The van der Waals surface area contributed by atoms with E-state index in [-0.39, 0.29) is 5.54 Å². The van der Waals surface area contributed by atoms with Crippen LogP contribution in [0.1, 0.15) is 36.7 Å². The molecule has 2 N–H and O–H groups in total. The van der Waals surface area contributed by atoms with Gasteiger partial charge in [0.2, 0.25) is 5.89 Å². The fourth-order valence-corrected chi connectivity index (χ4v) is 2.54. The Bertz CT molecular complexity index is 723. The van der Waals surface area contributed by atoms with E-state index in [4.69, 9.17) is 10.3 Å². The van der Waals surface area contributed by atoms with Crippen molar-refractivity contribution in [3.05, 3.63) is 48.0 Å². The standard InChI is InChI=1S/C14H15N5O/c15-14(5-3-6-14)13-17-12(20-18-13)8-10-9-19-7-2-1-4-11(19)16-10/h1-2,4,7,9H,3,5-6,8,15H2. The highest BCUT2D eigenvalue weighted by atomic mass is 16.5. The highest BCUT2D eigenvalue weighted by molar-refractivity contribution is 5.39. The second-order valence-electron chi connectivity index (χ2n) is 5.40. The summed E-state index contributed by atoms with van der Waals surface area (Å²) in [7, 11) is 0. The Labute approximate surface area is 115 Å². The molecule has 0 aromatic carbocycles. The number of pyridine rings is 1. The summed E-state index contributed by atoms with van der Waals surface area (Å²) in [5.41, 5.74) is 7.63. The van der Waals surface area contributed by atoms with Gasteiger partial charge in [0, 0.05) is 12.4 Å². The fraction of sp³-hybridized carbons (Fsp3) is 0.357. The number of nitrogens with zero attached hydrogens (tertiary/aromatic N) is 4. The van der Waals surface area contributed by atoms with Crippen LogP contribution in [0.3, 0.4) is 0 Å². The van der Waals surface area contributed by atoms with E-state index in [1.165, 1.54) is 0 Å². The molecule has 1 aliphatic rings. The van der Waals surface area contributed by atoms with Crippen molar-refractivity contribution in [2.75, 3.05) is 0 Å². The van der Waals surface area contributed by atoms with Crippen molar-refractivity contribution in [2.45, 2.75) is 31.2 Å². The third kappa shape index (κ3) is 1.80. The van der Waals surface area contributed by atoms with Gasteiger partial charge in [-0.1, -0.05) is 11.2 Å². The van der Waals surface area contributed by atoms with E-state index in [1.807, 2.05) is 35.0 Å². The first-order valence-electron chi connectivity index (χ1n) is 6.77. The summed E-state index contributed by atoms with van der Waals surface area (Å²) in [5, 5.41) is 4.01. The molecule has 102 valence electrons. The van der Waals surface area contributed by atoms with Gasteiger partial charge in [-0.15, -0.1) is 0 Å². The van der Waals surface area contributed by atoms with Gasteiger partial charge in [0.1, 0.15) is 5.65 Å². The van der Waals surface area contributed by atoms with Crippen LogP contribution >= 0.6 is 0 Å². The van der Waals surface area contributed by atoms with Crippen molar-refractivity contribution in [3.8, 4) is 0 Å². The van der Waals surface area contributed by atoms with Gasteiger partial charge >= 0.3 is 0 Å². The van der Waals surface area contributed by atoms with Gasteiger partial charge < -0.3 is 14.7 Å². The third-order valence-electron chi connectivity index (χ3n) is 3.91. The SMILES string of the molecule is NC1(c2noc(Cc3cn4ccccc4n3)n2)CCC1. The Balaban J connectivity index is 1.59. The largest absolute Gasteiger partial charge is 0.339 e. The third-order valence-corrected chi connectivity index (χ3v) is 3.91. The smallest absolute Gasteiger partial charge is 0.232 e. The summed E-state index contributed by atoms with van der Waals surface area (Å²) in [5.74, 6) is 1.20. The van der Waals surface area contributed by atoms with Crippen molar-refractivity contribution in [1.82, 2.24) is 19.5 Å². The Hall–Kier alpha value is -2.21. The quantitative estimate of drug-likeness (QED) is 0.781. The number of nitrogens with two attached hydrogens (primary N) is 1. The molecule has 0 radical (unpaired) electrons. The van der Waals surface area contributed by atoms with Crippen LogP contribution < -0.4 is 5.73 Å². The first kappa shape index (κ1) is 11.6. The molecule has 1 saturated carbocycles. The first-order chi connectivity index (χ1) is 9.73. The van der Waals surface area contributed by atoms with Gasteiger partial charge in [-0.25, -0.2) is 4.98 Å². The average molecular weight is 269 g/mol. The highest BCUT2D eigenvalue weighted by Gasteiger charge is 2.38. The van der Waals surface area contributed by atoms with E-state index < -0.39 is 0 Å². The molecule has 1 aliphatic carbocycles. The number of hydrogen-bond donors (Lipinski definition) is 1. The molecule has 4 rings (SSSR count). The molecule has 0 unspecified atom stereocenters. The van der Waals surface area contributed by atoms with E-state index >= 15 is 0 Å². The van der Waals surface area contributed by atoms with Crippen molar-refractivity contribution >= 4 is 5.65 Å². The summed E-state index contributed by atoms with van der Waals surface area (Å²) in [6, 6.07) is 5.90. The van der Waals surface area contributed by atoms with Gasteiger partial charge in [0.05, 0.1) is 17.7 Å². The van der Waals surface area contributed by atoms with Crippen LogP contribution in [0, 0.1) is 0 Å². The number of rotatable bonds is 3. The molecule has 0 aliphatic heterocycles. The molecular formula is C14H15N5O. The maximum Gasteiger partial charge on any atom is 0.232 e. The second-order valence-corrected chi connectivity index (χ2v) is 5.40. The lowest BCUT2D eigenvalue weighted by atomic mass is 9.77. The Morgan fingerprint density at radius 3 is 2.95 bits per heavy atom. The molecule has 20 heavy (non-hydrogen) atoms. The van der Waals surface area contributed by atoms with Crippen LogP contribution in [0.5, 0.6) is 0 Å². The van der Waals surface area contributed by atoms with Crippen molar-refractivity contribution in [1.29, 1.82) is 0 Å². The van der Waals surface area contributed by atoms with Gasteiger partial charge in [-0.05, 0) is 31.4 Å². The van der Waals surface area contributed by atoms with E-state index in [1.54, 1.807) is 0 Å². The normalized spacial score (nSPS) is 17.2. The average Bonchev–Trinajstić information content (AvgIpc) is 3.02. The molecule has 0 atom stereocenters. The predicted molar refractivity (Wildman–Crippen MR) is 72.0 cm³/mol. The molecule has 0 saturated heterocycles. The monoisotopic (exact) mass is 269 g/mol.